The van der Waals surface area contributed by atoms with E-state index in [-0.39, 0.29) is 86.6 Å². The summed E-state index contributed by atoms with van der Waals surface area (Å²) in [6.07, 6.45) is 30.7. The first-order valence-electron chi connectivity index (χ1n) is 27.5. The van der Waals surface area contributed by atoms with Crippen LogP contribution in [-0.4, -0.2) is 129 Å². The fraction of sp³-hybridized carbons (Fsp3) is 0.836. The summed E-state index contributed by atoms with van der Waals surface area (Å²) in [6.45, 7) is 12.1. The summed E-state index contributed by atoms with van der Waals surface area (Å²) in [5, 5.41) is 31.2. The van der Waals surface area contributed by atoms with Crippen molar-refractivity contribution in [3.05, 3.63) is 0 Å². The fourth-order valence-electron chi connectivity index (χ4n) is 6.98. The monoisotopic (exact) mass is 1110 g/mol. The van der Waals surface area contributed by atoms with E-state index in [1.807, 2.05) is 0 Å². The van der Waals surface area contributed by atoms with Gasteiger partial charge >= 0.3 is 97.1 Å². The summed E-state index contributed by atoms with van der Waals surface area (Å²) >= 11 is 0. The first-order valence-corrected chi connectivity index (χ1v) is 27.5. The molecule has 0 aliphatic heterocycles. The van der Waals surface area contributed by atoms with Gasteiger partial charge in [-0.15, -0.1) is 0 Å². The molecule has 0 rings (SSSR count). The second-order valence-corrected chi connectivity index (χ2v) is 18.7. The van der Waals surface area contributed by atoms with Crippen LogP contribution in [0.25, 0.3) is 0 Å². The molecule has 20 heteroatoms. The fourth-order valence-corrected chi connectivity index (χ4v) is 6.98. The van der Waals surface area contributed by atoms with Gasteiger partial charge in [-0.2, -0.15) is 0 Å². The molecule has 0 bridgehead atoms. The molecule has 0 saturated carbocycles. The third kappa shape index (κ3) is 56.0. The van der Waals surface area contributed by atoms with Crippen molar-refractivity contribution < 1.29 is 116 Å². The molecule has 0 amide bonds. The largest absolute Gasteiger partial charge is 2.00 e. The van der Waals surface area contributed by atoms with Gasteiger partial charge in [0.2, 0.25) is 0 Å². The van der Waals surface area contributed by atoms with Crippen LogP contribution in [0, 0.1) is 0 Å². The number of carbonyl (C=O) groups is 9. The van der Waals surface area contributed by atoms with E-state index in [1.165, 1.54) is 189 Å². The van der Waals surface area contributed by atoms with E-state index >= 15 is 0 Å². The Bertz CT molecular complexity index is 1400. The number of carbonyl (C=O) groups excluding carboxylic acids is 9. The van der Waals surface area contributed by atoms with Crippen molar-refractivity contribution in [2.45, 2.75) is 297 Å². The van der Waals surface area contributed by atoms with Gasteiger partial charge < -0.3 is 58.1 Å². The van der Waals surface area contributed by atoms with E-state index in [4.69, 9.17) is 9.47 Å². The minimum Gasteiger partial charge on any atom is -0.546 e. The third-order valence-corrected chi connectivity index (χ3v) is 11.7. The number of unbranched alkanes of at least 4 members (excludes halogenated alkanes) is 28. The van der Waals surface area contributed by atoms with E-state index in [0.29, 0.717) is 0 Å². The Morgan fingerprint density at radius 1 is 0.333 bits per heavy atom. The molecule has 426 valence electrons. The average Bonchev–Trinajstić information content (AvgIpc) is 3.34. The van der Waals surface area contributed by atoms with Crippen LogP contribution in [0.15, 0.2) is 0 Å². The maximum atomic E-state index is 11.8. The second-order valence-electron chi connectivity index (χ2n) is 18.7. The summed E-state index contributed by atoms with van der Waals surface area (Å²) in [4.78, 5) is 98.6. The third-order valence-electron chi connectivity index (χ3n) is 11.7. The SMILES string of the molecule is CC(OC(=O)C(C)OC=O)C(=O)[O-].CCCCCCCCCCCCCCCCCC(=O)OC(C)C(=O)OC(C)C(=O)[O-].CCCCCCCCCCCCCCCCCC(=O)OC(C)C(=O)OC(C)C(=O)[O-].[Ca+2].[Na+]. The van der Waals surface area contributed by atoms with Gasteiger partial charge in [0.05, 0.1) is 17.9 Å². The first kappa shape index (κ1) is 81.3. The summed E-state index contributed by atoms with van der Waals surface area (Å²) in [6, 6.07) is 0. The average molecular weight is 1110 g/mol. The van der Waals surface area contributed by atoms with Gasteiger partial charge in [-0.05, 0) is 54.4 Å². The van der Waals surface area contributed by atoms with Crippen LogP contribution in [0.3, 0.4) is 0 Å². The van der Waals surface area contributed by atoms with E-state index in [2.05, 4.69) is 32.8 Å². The molecule has 0 heterocycles. The predicted octanol–water partition coefficient (Wildman–Crippen LogP) is 4.58. The molecule has 0 fully saturated rings. The molecule has 0 radical (unpaired) electrons. The van der Waals surface area contributed by atoms with Crippen LogP contribution in [0.1, 0.15) is 261 Å². The van der Waals surface area contributed by atoms with Crippen LogP contribution in [0.2, 0.25) is 0 Å². The zero-order valence-corrected chi connectivity index (χ0v) is 51.9. The van der Waals surface area contributed by atoms with Gasteiger partial charge in [0.25, 0.3) is 6.47 Å². The number of hydrogen-bond donors (Lipinski definition) is 0. The molecule has 0 aliphatic carbocycles. The molecule has 0 spiro atoms. The van der Waals surface area contributed by atoms with Crippen molar-refractivity contribution in [2.24, 2.45) is 0 Å². The van der Waals surface area contributed by atoms with Gasteiger partial charge in [-0.25, -0.2) is 14.4 Å². The number of hydrogen-bond acceptors (Lipinski definition) is 18. The molecular formula is C55H95CaNaO18. The number of ether oxygens (including phenoxy) is 6. The summed E-state index contributed by atoms with van der Waals surface area (Å²) in [5.41, 5.74) is 0. The Labute approximate surface area is 502 Å². The maximum absolute atomic E-state index is 11.8. The zero-order valence-electron chi connectivity index (χ0n) is 47.7. The number of aliphatic carboxylic acids is 3. The van der Waals surface area contributed by atoms with Crippen molar-refractivity contribution in [1.29, 1.82) is 0 Å². The van der Waals surface area contributed by atoms with E-state index in [1.54, 1.807) is 0 Å². The Morgan fingerprint density at radius 2 is 0.533 bits per heavy atom. The standard InChI is InChI=1S/2C24H44O6.C7H10O6.Ca.Na/c2*1-4-5-6-7-8-9-10-11-12-13-14-15-16-17-18-19-22(25)29-21(3)24(28)30-20(2)23(26)27;1-4(6(9)10)13-7(11)5(2)12-3-8;;/h2*20-21H,4-19H2,1-3H3,(H,26,27);3-5H,1-2H3,(H,9,10);;/q;;;+2;+1/p-3. The smallest absolute Gasteiger partial charge is 0.546 e. The van der Waals surface area contributed by atoms with Crippen LogP contribution >= 0.6 is 0 Å². The molecule has 0 aromatic heterocycles. The molecule has 18 nitrogen and oxygen atoms in total. The van der Waals surface area contributed by atoms with E-state index in [9.17, 15) is 58.5 Å². The van der Waals surface area contributed by atoms with Crippen LogP contribution in [-0.2, 0) is 71.6 Å². The zero-order chi connectivity index (χ0) is 55.7. The summed E-state index contributed by atoms with van der Waals surface area (Å²) in [5.74, 6) is -8.09. The van der Waals surface area contributed by atoms with Crippen LogP contribution in [0.5, 0.6) is 0 Å². The predicted molar refractivity (Wildman–Crippen MR) is 274 cm³/mol. The Hall–Kier alpha value is -2.51. The number of esters is 5. The molecule has 0 aromatic carbocycles. The van der Waals surface area contributed by atoms with Gasteiger partial charge in [0.1, 0.15) is 18.3 Å². The summed E-state index contributed by atoms with van der Waals surface area (Å²) < 4.78 is 27.8. The number of rotatable bonds is 45. The second kappa shape index (κ2) is 57.7. The Balaban J connectivity index is -0.000000346. The van der Waals surface area contributed by atoms with Gasteiger partial charge in [0.15, 0.2) is 18.3 Å². The summed E-state index contributed by atoms with van der Waals surface area (Å²) in [7, 11) is 0. The van der Waals surface area contributed by atoms with Crippen molar-refractivity contribution >= 4 is 92.0 Å². The minimum absolute atomic E-state index is 0. The van der Waals surface area contributed by atoms with Gasteiger partial charge in [0, 0.05) is 12.8 Å². The van der Waals surface area contributed by atoms with Gasteiger partial charge in [-0.1, -0.05) is 194 Å². The minimum atomic E-state index is -1.51. The molecule has 0 N–H and O–H groups in total. The molecular weight excluding hydrogens is 1010 g/mol. The normalized spacial score (nSPS) is 12.7. The van der Waals surface area contributed by atoms with Crippen molar-refractivity contribution in [3.8, 4) is 0 Å². The molecule has 6 atom stereocenters. The molecule has 0 aliphatic rings. The Morgan fingerprint density at radius 3 is 0.733 bits per heavy atom. The molecule has 0 aromatic rings. The molecule has 75 heavy (non-hydrogen) atoms. The van der Waals surface area contributed by atoms with Gasteiger partial charge in [-0.3, -0.25) is 14.4 Å². The van der Waals surface area contributed by atoms with Crippen LogP contribution in [0.4, 0.5) is 0 Å². The maximum Gasteiger partial charge on any atom is 2.00 e. The van der Waals surface area contributed by atoms with Crippen molar-refractivity contribution in [3.63, 3.8) is 0 Å². The molecule has 0 saturated heterocycles. The van der Waals surface area contributed by atoms with Crippen LogP contribution < -0.4 is 44.9 Å². The topological polar surface area (TPSA) is 278 Å². The number of carboxylic acid groups (broad SMARTS) is 3. The van der Waals surface area contributed by atoms with E-state index in [0.717, 1.165) is 45.4 Å². The quantitative estimate of drug-likeness (QED) is 0.0265. The van der Waals surface area contributed by atoms with Crippen molar-refractivity contribution in [1.82, 2.24) is 0 Å². The van der Waals surface area contributed by atoms with Crippen molar-refractivity contribution in [2.75, 3.05) is 0 Å². The number of carboxylic acids is 3. The molecule has 6 unspecified atom stereocenters. The Kier molecular flexibility index (Phi) is 62.5. The van der Waals surface area contributed by atoms with E-state index < -0.39 is 84.4 Å². The first-order chi connectivity index (χ1) is 34.7.